The smallest absolute Gasteiger partial charge is 0.266 e. The van der Waals surface area contributed by atoms with Crippen LogP contribution in [0.15, 0.2) is 69.6 Å². The van der Waals surface area contributed by atoms with Gasteiger partial charge in [-0.1, -0.05) is 35.9 Å². The number of benzene rings is 2. The molecule has 10 heteroatoms. The van der Waals surface area contributed by atoms with Crippen molar-refractivity contribution < 1.29 is 0 Å². The van der Waals surface area contributed by atoms with Crippen molar-refractivity contribution in [1.29, 1.82) is 0 Å². The molecule has 0 aliphatic carbocycles. The lowest BCUT2D eigenvalue weighted by atomic mass is 10.2. The molecular weight excluding hydrogens is 422 g/mol. The highest BCUT2D eigenvalue weighted by Gasteiger charge is 2.18. The van der Waals surface area contributed by atoms with E-state index in [-0.39, 0.29) is 5.56 Å². The third kappa shape index (κ3) is 3.21. The van der Waals surface area contributed by atoms with Crippen LogP contribution in [0.2, 0.25) is 5.02 Å². The van der Waals surface area contributed by atoms with Gasteiger partial charge in [0.25, 0.3) is 5.56 Å². The Morgan fingerprint density at radius 3 is 2.70 bits per heavy atom. The van der Waals surface area contributed by atoms with E-state index in [0.717, 1.165) is 0 Å². The minimum absolute atomic E-state index is 0.178. The zero-order chi connectivity index (χ0) is 20.7. The van der Waals surface area contributed by atoms with Crippen molar-refractivity contribution in [2.24, 2.45) is 9.98 Å². The highest BCUT2D eigenvalue weighted by molar-refractivity contribution is 7.99. The maximum Gasteiger partial charge on any atom is 0.266 e. The Balaban J connectivity index is 1.59. The number of aromatic nitrogens is 4. The van der Waals surface area contributed by atoms with Crippen LogP contribution in [0.4, 0.5) is 5.82 Å². The van der Waals surface area contributed by atoms with E-state index in [1.54, 1.807) is 22.8 Å². The molecule has 0 radical (unpaired) electrons. The minimum Gasteiger partial charge on any atom is -0.382 e. The van der Waals surface area contributed by atoms with Crippen molar-refractivity contribution in [3.8, 4) is 5.69 Å². The number of fused-ring (bicyclic) bond motifs is 2. The monoisotopic (exact) mass is 435 g/mol. The Labute approximate surface area is 179 Å². The van der Waals surface area contributed by atoms with Gasteiger partial charge >= 0.3 is 0 Å². The first-order valence-electron chi connectivity index (χ1n) is 9.01. The summed E-state index contributed by atoms with van der Waals surface area (Å²) in [5.74, 6) is 1.23. The second-order valence-corrected chi connectivity index (χ2v) is 7.91. The zero-order valence-electron chi connectivity index (χ0n) is 15.4. The predicted octanol–water partition coefficient (Wildman–Crippen LogP) is 1.88. The highest BCUT2D eigenvalue weighted by atomic mass is 35.5. The van der Waals surface area contributed by atoms with Gasteiger partial charge in [0.1, 0.15) is 17.5 Å². The van der Waals surface area contributed by atoms with Gasteiger partial charge in [0.15, 0.2) is 16.8 Å². The van der Waals surface area contributed by atoms with Crippen LogP contribution in [0.25, 0.3) is 16.6 Å². The Bertz CT molecular complexity index is 1470. The van der Waals surface area contributed by atoms with Crippen molar-refractivity contribution in [3.05, 3.63) is 86.9 Å². The molecule has 0 bridgehead atoms. The number of para-hydroxylation sites is 2. The van der Waals surface area contributed by atoms with E-state index < -0.39 is 5.50 Å². The number of nitrogen functional groups attached to an aromatic ring is 1. The van der Waals surface area contributed by atoms with Crippen LogP contribution in [-0.4, -0.2) is 25.0 Å². The first-order valence-corrected chi connectivity index (χ1v) is 10.4. The number of rotatable bonds is 4. The molecule has 8 nitrogen and oxygen atoms in total. The molecule has 1 atom stereocenters. The summed E-state index contributed by atoms with van der Waals surface area (Å²) in [6.45, 7) is 0. The molecule has 0 spiro atoms. The maximum absolute atomic E-state index is 13.3. The second kappa shape index (κ2) is 7.51. The van der Waals surface area contributed by atoms with Crippen LogP contribution >= 0.6 is 23.4 Å². The van der Waals surface area contributed by atoms with E-state index in [1.807, 2.05) is 30.3 Å². The maximum atomic E-state index is 13.3. The lowest BCUT2D eigenvalue weighted by molar-refractivity contribution is 0.878. The minimum atomic E-state index is -0.443. The summed E-state index contributed by atoms with van der Waals surface area (Å²) in [5.41, 5.74) is 6.91. The first kappa shape index (κ1) is 18.7. The molecule has 0 fully saturated rings. The number of hydrogen-bond donors (Lipinski definition) is 1. The van der Waals surface area contributed by atoms with E-state index in [2.05, 4.69) is 20.0 Å². The Morgan fingerprint density at radius 1 is 1.07 bits per heavy atom. The average Bonchev–Trinajstić information content (AvgIpc) is 3.18. The van der Waals surface area contributed by atoms with Crippen molar-refractivity contribution in [1.82, 2.24) is 19.5 Å². The molecule has 148 valence electrons. The summed E-state index contributed by atoms with van der Waals surface area (Å²) in [5, 5.41) is 1.48. The molecule has 0 saturated heterocycles. The normalized spacial score (nSPS) is 14.9. The summed E-state index contributed by atoms with van der Waals surface area (Å²) in [6.07, 6.45) is 1.36. The lowest BCUT2D eigenvalue weighted by Gasteiger charge is -2.15. The van der Waals surface area contributed by atoms with Gasteiger partial charge in [-0.3, -0.25) is 9.36 Å². The van der Waals surface area contributed by atoms with Gasteiger partial charge in [-0.15, -0.1) is 11.8 Å². The molecule has 2 aromatic carbocycles. The van der Waals surface area contributed by atoms with E-state index >= 15 is 0 Å². The summed E-state index contributed by atoms with van der Waals surface area (Å²) in [4.78, 5) is 35.0. The standard InChI is InChI=1S/C20H14ClN7OS/c21-12-6-2-4-8-14(12)28-15(25-13-7-3-1-5-11(13)19(28)29)9-30-20-26-16-17(22)23-10-24-18(16)27-20/h1-8,10,20H,9H2,(H2,22,23,24,27)/t20-/m0/s1. The fraction of sp³-hybridized carbons (Fsp3) is 0.100. The van der Waals surface area contributed by atoms with Crippen molar-refractivity contribution in [3.63, 3.8) is 0 Å². The molecule has 1 aliphatic rings. The number of nitrogens with zero attached hydrogens (tertiary/aromatic N) is 6. The van der Waals surface area contributed by atoms with Crippen LogP contribution in [0.1, 0.15) is 5.82 Å². The van der Waals surface area contributed by atoms with E-state index in [1.165, 1.54) is 18.1 Å². The van der Waals surface area contributed by atoms with Gasteiger partial charge in [0.05, 0.1) is 27.4 Å². The molecule has 3 heterocycles. The zero-order valence-corrected chi connectivity index (χ0v) is 17.0. The Hall–Kier alpha value is -3.30. The van der Waals surface area contributed by atoms with Crippen LogP contribution < -0.4 is 22.1 Å². The molecule has 0 amide bonds. The lowest BCUT2D eigenvalue weighted by Crippen LogP contribution is -2.29. The van der Waals surface area contributed by atoms with Crippen LogP contribution in [0, 0.1) is 0 Å². The summed E-state index contributed by atoms with van der Waals surface area (Å²) >= 11 is 7.81. The van der Waals surface area contributed by atoms with Crippen molar-refractivity contribution >= 4 is 40.1 Å². The van der Waals surface area contributed by atoms with Crippen LogP contribution in [0.3, 0.4) is 0 Å². The quantitative estimate of drug-likeness (QED) is 0.524. The number of anilines is 1. The molecule has 30 heavy (non-hydrogen) atoms. The summed E-state index contributed by atoms with van der Waals surface area (Å²) in [7, 11) is 0. The third-order valence-electron chi connectivity index (χ3n) is 4.60. The Morgan fingerprint density at radius 2 is 1.87 bits per heavy atom. The second-order valence-electron chi connectivity index (χ2n) is 6.46. The van der Waals surface area contributed by atoms with Gasteiger partial charge < -0.3 is 5.73 Å². The van der Waals surface area contributed by atoms with Gasteiger partial charge in [0.2, 0.25) is 0 Å². The highest BCUT2D eigenvalue weighted by Crippen LogP contribution is 2.25. The Kier molecular flexibility index (Phi) is 4.68. The van der Waals surface area contributed by atoms with Crippen molar-refractivity contribution in [2.45, 2.75) is 11.3 Å². The fourth-order valence-electron chi connectivity index (χ4n) is 3.23. The fourth-order valence-corrected chi connectivity index (χ4v) is 4.29. The van der Waals surface area contributed by atoms with Gasteiger partial charge in [0, 0.05) is 0 Å². The largest absolute Gasteiger partial charge is 0.382 e. The van der Waals surface area contributed by atoms with E-state index in [4.69, 9.17) is 22.3 Å². The topological polar surface area (TPSA) is 111 Å². The van der Waals surface area contributed by atoms with Gasteiger partial charge in [-0.2, -0.15) is 0 Å². The predicted molar refractivity (Wildman–Crippen MR) is 116 cm³/mol. The average molecular weight is 436 g/mol. The summed E-state index contributed by atoms with van der Waals surface area (Å²) in [6, 6.07) is 14.4. The third-order valence-corrected chi connectivity index (χ3v) is 5.86. The molecule has 0 saturated carbocycles. The van der Waals surface area contributed by atoms with Crippen molar-refractivity contribution in [2.75, 3.05) is 5.73 Å². The molecule has 0 unspecified atom stereocenters. The molecular formula is C20H14ClN7OS. The number of thioether (sulfide) groups is 1. The molecule has 5 rings (SSSR count). The molecule has 1 aliphatic heterocycles. The molecule has 4 aromatic rings. The van der Waals surface area contributed by atoms with Gasteiger partial charge in [-0.05, 0) is 24.3 Å². The van der Waals surface area contributed by atoms with E-state index in [9.17, 15) is 4.79 Å². The first-order chi connectivity index (χ1) is 14.6. The van der Waals surface area contributed by atoms with Crippen LogP contribution in [0.5, 0.6) is 0 Å². The number of hydrogen-bond acceptors (Lipinski definition) is 8. The molecule has 2 N–H and O–H groups in total. The molecule has 2 aromatic heterocycles. The van der Waals surface area contributed by atoms with Crippen LogP contribution in [-0.2, 0) is 5.75 Å². The SMILES string of the molecule is Nc1ncnc2c1=N[C@H](SCc1nc3ccccc3c(=O)n1-c1ccccc1Cl)N=2. The number of halogens is 1. The van der Waals surface area contributed by atoms with E-state index in [0.29, 0.717) is 49.9 Å². The number of nitrogens with two attached hydrogens (primary N) is 1. The summed E-state index contributed by atoms with van der Waals surface area (Å²) < 4.78 is 1.55. The van der Waals surface area contributed by atoms with Gasteiger partial charge in [-0.25, -0.2) is 24.9 Å².